The number of halogens is 1. The Labute approximate surface area is 204 Å². The lowest BCUT2D eigenvalue weighted by Crippen LogP contribution is -2.55. The molecule has 0 spiro atoms. The van der Waals surface area contributed by atoms with Gasteiger partial charge in [-0.15, -0.1) is 0 Å². The fourth-order valence-corrected chi connectivity index (χ4v) is 5.05. The number of aromatic nitrogens is 1. The normalized spacial score (nSPS) is 16.1. The van der Waals surface area contributed by atoms with E-state index in [1.165, 1.54) is 30.3 Å². The summed E-state index contributed by atoms with van der Waals surface area (Å²) < 4.78 is 26.7. The molecule has 0 radical (unpaired) electrons. The maximum atomic E-state index is 13.8. The molecule has 3 N–H and O–H groups in total. The Morgan fingerprint density at radius 1 is 1.11 bits per heavy atom. The van der Waals surface area contributed by atoms with Gasteiger partial charge in [0.15, 0.2) is 5.16 Å². The van der Waals surface area contributed by atoms with Crippen LogP contribution in [0.25, 0.3) is 11.3 Å². The lowest BCUT2D eigenvalue weighted by Gasteiger charge is -2.41. The van der Waals surface area contributed by atoms with Crippen LogP contribution in [-0.2, 0) is 21.4 Å². The van der Waals surface area contributed by atoms with Crippen molar-refractivity contribution in [2.75, 3.05) is 0 Å². The first-order valence-electron chi connectivity index (χ1n) is 11.2. The van der Waals surface area contributed by atoms with Gasteiger partial charge in [0.1, 0.15) is 11.4 Å². The minimum absolute atomic E-state index is 0.0780. The molecule has 184 valence electrons. The Kier molecular flexibility index (Phi) is 8.06. The van der Waals surface area contributed by atoms with Gasteiger partial charge < -0.3 is 15.1 Å². The first kappa shape index (κ1) is 26.5. The molecule has 3 rings (SSSR count). The monoisotopic (exact) mass is 497 g/mol. The zero-order valence-corrected chi connectivity index (χ0v) is 20.8. The van der Waals surface area contributed by atoms with Crippen molar-refractivity contribution in [2.45, 2.75) is 37.9 Å². The van der Waals surface area contributed by atoms with Gasteiger partial charge in [0.2, 0.25) is 8.03 Å². The van der Waals surface area contributed by atoms with E-state index in [4.69, 9.17) is 0 Å². The third-order valence-corrected chi connectivity index (χ3v) is 7.52. The van der Waals surface area contributed by atoms with Gasteiger partial charge in [-0.2, -0.15) is 0 Å². The van der Waals surface area contributed by atoms with Gasteiger partial charge in [0, 0.05) is 12.0 Å². The number of aliphatic hydroxyl groups is 1. The van der Waals surface area contributed by atoms with Crippen molar-refractivity contribution in [2.24, 2.45) is 5.92 Å². The van der Waals surface area contributed by atoms with E-state index in [0.29, 0.717) is 16.8 Å². The largest absolute Gasteiger partial charge is 0.480 e. The maximum absolute atomic E-state index is 13.8. The van der Waals surface area contributed by atoms with E-state index >= 15 is 0 Å². The molecule has 1 aromatic heterocycles. The molecule has 3 aromatic rings. The highest BCUT2D eigenvalue weighted by atomic mass is 31.1. The molecule has 0 aliphatic rings. The third kappa shape index (κ3) is 5.27. The van der Waals surface area contributed by atoms with Crippen LogP contribution in [-0.4, -0.2) is 31.2 Å². The first-order chi connectivity index (χ1) is 16.5. The van der Waals surface area contributed by atoms with E-state index < -0.39 is 30.6 Å². The van der Waals surface area contributed by atoms with Crippen LogP contribution in [0.5, 0.6) is 0 Å². The summed E-state index contributed by atoms with van der Waals surface area (Å²) in [7, 11) is -3.95. The second-order valence-electron chi connectivity index (χ2n) is 8.90. The third-order valence-electron chi connectivity index (χ3n) is 6.05. The lowest BCUT2D eigenvalue weighted by molar-refractivity contribution is -0.147. The molecule has 0 aliphatic heterocycles. The van der Waals surface area contributed by atoms with Crippen molar-refractivity contribution in [1.82, 2.24) is 4.98 Å². The molecule has 1 heterocycles. The number of carboxylic acids is 1. The predicted octanol–water partition coefficient (Wildman–Crippen LogP) is 5.13. The summed E-state index contributed by atoms with van der Waals surface area (Å²) in [6.07, 6.45) is 2.21. The van der Waals surface area contributed by atoms with Gasteiger partial charge in [0.25, 0.3) is 0 Å². The number of pyridine rings is 1. The Bertz CT molecular complexity index is 1250. The Hall–Kier alpha value is -3.12. The molecule has 0 aliphatic carbocycles. The SMILES string of the molecule is Cc1cc(F)ccc1CC(O)(c1cccc(-c2ccccc2)n1)C(C=CC(C)C)(C(=O)O)[PH](=O)O. The molecule has 3 atom stereocenters. The molecule has 0 bridgehead atoms. The fraction of sp³-hybridized carbons (Fsp3) is 0.259. The lowest BCUT2D eigenvalue weighted by atomic mass is 9.77. The topological polar surface area (TPSA) is 108 Å². The van der Waals surface area contributed by atoms with Crippen LogP contribution in [0.4, 0.5) is 4.39 Å². The number of aryl methyl sites for hydroxylation is 1. The van der Waals surface area contributed by atoms with Crippen molar-refractivity contribution >= 4 is 14.0 Å². The zero-order chi connectivity index (χ0) is 25.8. The van der Waals surface area contributed by atoms with E-state index in [-0.39, 0.29) is 18.0 Å². The molecule has 8 heteroatoms. The molecule has 3 unspecified atom stereocenters. The van der Waals surface area contributed by atoms with Crippen LogP contribution in [0.2, 0.25) is 0 Å². The van der Waals surface area contributed by atoms with Gasteiger partial charge in [-0.1, -0.05) is 68.5 Å². The summed E-state index contributed by atoms with van der Waals surface area (Å²) >= 11 is 0. The molecule has 35 heavy (non-hydrogen) atoms. The zero-order valence-electron chi connectivity index (χ0n) is 19.8. The smallest absolute Gasteiger partial charge is 0.326 e. The Morgan fingerprint density at radius 2 is 1.80 bits per heavy atom. The number of aliphatic carboxylic acids is 1. The number of carboxylic acid groups (broad SMARTS) is 1. The average molecular weight is 498 g/mol. The number of hydrogen-bond acceptors (Lipinski definition) is 4. The fourth-order valence-electron chi connectivity index (χ4n) is 4.06. The highest BCUT2D eigenvalue weighted by molar-refractivity contribution is 7.42. The first-order valence-corrected chi connectivity index (χ1v) is 12.5. The minimum Gasteiger partial charge on any atom is -0.480 e. The van der Waals surface area contributed by atoms with Crippen molar-refractivity contribution in [3.8, 4) is 11.3 Å². The Balaban J connectivity index is 2.34. The van der Waals surface area contributed by atoms with Crippen molar-refractivity contribution in [3.63, 3.8) is 0 Å². The molecule has 6 nitrogen and oxygen atoms in total. The van der Waals surface area contributed by atoms with Crippen LogP contribution in [0, 0.1) is 18.7 Å². The number of nitrogens with zero attached hydrogens (tertiary/aromatic N) is 1. The number of rotatable bonds is 9. The quantitative estimate of drug-likeness (QED) is 0.280. The summed E-state index contributed by atoms with van der Waals surface area (Å²) in [5.41, 5.74) is -0.444. The standard InChI is InChI=1S/C27H29FNO5P/c1-18(2)14-15-27(25(30)31,35(33)34)26(32,17-21-12-13-22(28)16-19(21)3)24-11-7-10-23(29-24)20-8-5-4-6-9-20/h4-16,18,32,35H,17H2,1-3H3,(H,30,31)(H,33,34). The van der Waals surface area contributed by atoms with Crippen molar-refractivity contribution in [3.05, 3.63) is 102 Å². The van der Waals surface area contributed by atoms with Crippen LogP contribution >= 0.6 is 8.03 Å². The van der Waals surface area contributed by atoms with Crippen LogP contribution < -0.4 is 0 Å². The van der Waals surface area contributed by atoms with E-state index in [1.54, 1.807) is 32.9 Å². The Morgan fingerprint density at radius 3 is 2.37 bits per heavy atom. The van der Waals surface area contributed by atoms with Crippen LogP contribution in [0.3, 0.4) is 0 Å². The summed E-state index contributed by atoms with van der Waals surface area (Å²) in [5.74, 6) is -2.30. The van der Waals surface area contributed by atoms with Crippen LogP contribution in [0.1, 0.15) is 30.7 Å². The summed E-state index contributed by atoms with van der Waals surface area (Å²) in [5, 5.41) is 20.0. The number of allylic oxidation sites excluding steroid dienone is 1. The molecule has 0 amide bonds. The van der Waals surface area contributed by atoms with Gasteiger partial charge in [-0.05, 0) is 48.2 Å². The maximum Gasteiger partial charge on any atom is 0.326 e. The molecular formula is C27H29FNO5P. The number of hydrogen-bond donors (Lipinski definition) is 3. The molecule has 0 saturated carbocycles. The minimum atomic E-state index is -3.95. The molecular weight excluding hydrogens is 468 g/mol. The van der Waals surface area contributed by atoms with Gasteiger partial charge in [-0.25, -0.2) is 9.37 Å². The number of carbonyl (C=O) groups is 1. The van der Waals surface area contributed by atoms with E-state index in [9.17, 15) is 28.9 Å². The van der Waals surface area contributed by atoms with E-state index in [0.717, 1.165) is 11.6 Å². The predicted molar refractivity (Wildman–Crippen MR) is 134 cm³/mol. The summed E-state index contributed by atoms with van der Waals surface area (Å²) in [4.78, 5) is 27.8. The number of benzene rings is 2. The average Bonchev–Trinajstić information content (AvgIpc) is 2.81. The second kappa shape index (κ2) is 10.6. The van der Waals surface area contributed by atoms with Gasteiger partial charge in [-0.3, -0.25) is 9.36 Å². The van der Waals surface area contributed by atoms with Crippen molar-refractivity contribution in [1.29, 1.82) is 0 Å². The van der Waals surface area contributed by atoms with Gasteiger partial charge >= 0.3 is 5.97 Å². The molecule has 0 fully saturated rings. The highest BCUT2D eigenvalue weighted by Gasteiger charge is 2.60. The van der Waals surface area contributed by atoms with Crippen molar-refractivity contribution < 1.29 is 28.9 Å². The summed E-state index contributed by atoms with van der Waals surface area (Å²) in [6.45, 7) is 5.20. The van der Waals surface area contributed by atoms with E-state index in [2.05, 4.69) is 4.98 Å². The van der Waals surface area contributed by atoms with Crippen LogP contribution in [0.15, 0.2) is 78.9 Å². The summed E-state index contributed by atoms with van der Waals surface area (Å²) in [6, 6.07) is 17.8. The molecule has 2 aromatic carbocycles. The highest BCUT2D eigenvalue weighted by Crippen LogP contribution is 2.52. The molecule has 0 saturated heterocycles. The van der Waals surface area contributed by atoms with E-state index in [1.807, 2.05) is 30.3 Å². The van der Waals surface area contributed by atoms with Gasteiger partial charge in [0.05, 0.1) is 11.4 Å². The second-order valence-corrected chi connectivity index (χ2v) is 10.3.